The van der Waals surface area contributed by atoms with Crippen molar-refractivity contribution in [1.82, 2.24) is 9.88 Å². The maximum absolute atomic E-state index is 12.5. The third-order valence-electron chi connectivity index (χ3n) is 6.24. The lowest BCUT2D eigenvalue weighted by Crippen LogP contribution is -2.38. The summed E-state index contributed by atoms with van der Waals surface area (Å²) in [6.07, 6.45) is 9.27. The van der Waals surface area contributed by atoms with E-state index >= 15 is 0 Å². The number of hydrogen-bond acceptors (Lipinski definition) is 5. The number of carbonyl (C=O) groups excluding carboxylic acids is 3. The average molecular weight is 500 g/mol. The Morgan fingerprint density at radius 1 is 1.03 bits per heavy atom. The van der Waals surface area contributed by atoms with E-state index in [4.69, 9.17) is 0 Å². The molecule has 0 aliphatic carbocycles. The van der Waals surface area contributed by atoms with Crippen LogP contribution in [0.2, 0.25) is 0 Å². The number of para-hydroxylation sites is 1. The fourth-order valence-electron chi connectivity index (χ4n) is 3.97. The first-order chi connectivity index (χ1) is 16.8. The first-order valence-electron chi connectivity index (χ1n) is 12.9. The van der Waals surface area contributed by atoms with E-state index in [9.17, 15) is 14.4 Å². The lowest BCUT2D eigenvalue weighted by molar-refractivity contribution is -0.133. The van der Waals surface area contributed by atoms with Gasteiger partial charge in [0.1, 0.15) is 11.5 Å². The number of likely N-dealkylation sites (tertiary alicyclic amines) is 1. The zero-order valence-corrected chi connectivity index (χ0v) is 22.6. The Morgan fingerprint density at radius 3 is 2.29 bits per heavy atom. The van der Waals surface area contributed by atoms with E-state index in [1.165, 1.54) is 50.4 Å². The van der Waals surface area contributed by atoms with Crippen LogP contribution in [0.25, 0.3) is 0 Å². The largest absolute Gasteiger partial charge is 0.343 e. The molecular formula is C28H41N3O3S. The molecule has 1 N–H and O–H groups in total. The summed E-state index contributed by atoms with van der Waals surface area (Å²) in [6.45, 7) is 9.30. The number of aryl methyl sites for hydroxylation is 1. The van der Waals surface area contributed by atoms with Gasteiger partial charge in [0.2, 0.25) is 5.91 Å². The van der Waals surface area contributed by atoms with Crippen molar-refractivity contribution < 1.29 is 14.4 Å². The highest BCUT2D eigenvalue weighted by atomic mass is 32.1. The fraction of sp³-hybridized carbons (Fsp3) is 0.571. The van der Waals surface area contributed by atoms with Crippen LogP contribution in [0, 0.1) is 6.92 Å². The summed E-state index contributed by atoms with van der Waals surface area (Å²) in [7, 11) is 0. The van der Waals surface area contributed by atoms with Gasteiger partial charge in [-0.25, -0.2) is 4.98 Å². The van der Waals surface area contributed by atoms with Crippen molar-refractivity contribution in [3.63, 3.8) is 0 Å². The molecule has 7 heteroatoms. The zero-order valence-electron chi connectivity index (χ0n) is 21.8. The Bertz CT molecular complexity index is 944. The van der Waals surface area contributed by atoms with Crippen molar-refractivity contribution in [2.24, 2.45) is 0 Å². The number of anilines is 1. The second-order valence-corrected chi connectivity index (χ2v) is 10.1. The summed E-state index contributed by atoms with van der Waals surface area (Å²) in [4.78, 5) is 42.1. The molecule has 0 bridgehead atoms. The number of unbranched alkanes of at least 4 members (excludes halogenated alkanes) is 4. The van der Waals surface area contributed by atoms with Crippen molar-refractivity contribution in [2.45, 2.75) is 91.4 Å². The zero-order chi connectivity index (χ0) is 25.6. The molecule has 192 valence electrons. The molecule has 1 aliphatic rings. The average Bonchev–Trinajstić information content (AvgIpc) is 3.35. The molecule has 1 aromatic carbocycles. The van der Waals surface area contributed by atoms with Gasteiger partial charge in [-0.2, -0.15) is 0 Å². The van der Waals surface area contributed by atoms with Crippen molar-refractivity contribution in [3.05, 3.63) is 45.9 Å². The van der Waals surface area contributed by atoms with Crippen LogP contribution in [0.3, 0.4) is 0 Å². The maximum Gasteiger partial charge on any atom is 0.275 e. The molecule has 0 saturated carbocycles. The molecule has 0 atom stereocenters. The minimum absolute atomic E-state index is 0.0440. The molecule has 0 radical (unpaired) electrons. The summed E-state index contributed by atoms with van der Waals surface area (Å²) in [5, 5.41) is 5.66. The van der Waals surface area contributed by atoms with E-state index in [1.54, 1.807) is 5.38 Å². The van der Waals surface area contributed by atoms with Crippen LogP contribution in [0.5, 0.6) is 0 Å². The number of ketones is 1. The Kier molecular flexibility index (Phi) is 12.7. The third-order valence-corrected chi connectivity index (χ3v) is 7.25. The molecule has 2 amide bonds. The van der Waals surface area contributed by atoms with Crippen LogP contribution in [-0.2, 0) is 9.59 Å². The van der Waals surface area contributed by atoms with Crippen LogP contribution >= 0.6 is 11.3 Å². The molecule has 1 fully saturated rings. The number of nitrogens with zero attached hydrogens (tertiary/aromatic N) is 2. The highest BCUT2D eigenvalue weighted by Crippen LogP contribution is 2.31. The predicted octanol–water partition coefficient (Wildman–Crippen LogP) is 6.76. The Morgan fingerprint density at radius 2 is 1.69 bits per heavy atom. The molecular weight excluding hydrogens is 458 g/mol. The molecule has 35 heavy (non-hydrogen) atoms. The maximum atomic E-state index is 12.5. The van der Waals surface area contributed by atoms with E-state index in [0.717, 1.165) is 29.1 Å². The van der Waals surface area contributed by atoms with E-state index in [-0.39, 0.29) is 23.5 Å². The van der Waals surface area contributed by atoms with Crippen molar-refractivity contribution in [1.29, 1.82) is 0 Å². The second kappa shape index (κ2) is 15.5. The quantitative estimate of drug-likeness (QED) is 0.366. The Balaban J connectivity index is 0.000000540. The van der Waals surface area contributed by atoms with Gasteiger partial charge in [-0.05, 0) is 38.3 Å². The number of thiazole rings is 1. The van der Waals surface area contributed by atoms with Gasteiger partial charge in [-0.1, -0.05) is 64.2 Å². The van der Waals surface area contributed by atoms with E-state index in [0.29, 0.717) is 31.6 Å². The highest BCUT2D eigenvalue weighted by Gasteiger charge is 2.26. The van der Waals surface area contributed by atoms with Gasteiger partial charge in [0, 0.05) is 42.9 Å². The minimum atomic E-state index is -0.200. The number of hydrogen-bond donors (Lipinski definition) is 1. The van der Waals surface area contributed by atoms with E-state index in [1.807, 2.05) is 36.1 Å². The minimum Gasteiger partial charge on any atom is -0.343 e. The molecule has 1 aromatic heterocycles. The monoisotopic (exact) mass is 499 g/mol. The second-order valence-electron chi connectivity index (χ2n) is 9.26. The number of rotatable bonds is 10. The van der Waals surface area contributed by atoms with Gasteiger partial charge >= 0.3 is 0 Å². The molecule has 6 nitrogen and oxygen atoms in total. The van der Waals surface area contributed by atoms with Gasteiger partial charge in [0.05, 0.1) is 5.01 Å². The van der Waals surface area contributed by atoms with Gasteiger partial charge in [0.25, 0.3) is 5.91 Å². The van der Waals surface area contributed by atoms with Crippen LogP contribution < -0.4 is 5.32 Å². The Hall–Kier alpha value is -2.54. The standard InChI is InChI=1S/C21H25N3O3S.C7H16/c1-14-5-3-4-6-17(14)22-20(27)18-13-28-21(23-18)16-9-11-24(12-10-16)19(26)8-7-15(2)25;1-3-5-7-6-4-2/h3-6,13,16H,7-12H2,1-2H3,(H,22,27);3-7H2,1-2H3. The summed E-state index contributed by atoms with van der Waals surface area (Å²) in [5.74, 6) is 0.157. The molecule has 1 saturated heterocycles. The van der Waals surface area contributed by atoms with Crippen molar-refractivity contribution in [3.8, 4) is 0 Å². The topological polar surface area (TPSA) is 79.4 Å². The van der Waals surface area contributed by atoms with Crippen molar-refractivity contribution in [2.75, 3.05) is 18.4 Å². The summed E-state index contributed by atoms with van der Waals surface area (Å²) < 4.78 is 0. The van der Waals surface area contributed by atoms with Crippen LogP contribution in [0.4, 0.5) is 5.69 Å². The summed E-state index contributed by atoms with van der Waals surface area (Å²) in [6, 6.07) is 7.65. The summed E-state index contributed by atoms with van der Waals surface area (Å²) in [5.41, 5.74) is 2.23. The fourth-order valence-corrected chi connectivity index (χ4v) is 4.94. The van der Waals surface area contributed by atoms with Crippen LogP contribution in [-0.4, -0.2) is 40.6 Å². The third kappa shape index (κ3) is 9.92. The lowest BCUT2D eigenvalue weighted by atomic mass is 9.97. The van der Waals surface area contributed by atoms with Gasteiger partial charge < -0.3 is 15.0 Å². The van der Waals surface area contributed by atoms with Crippen LogP contribution in [0.1, 0.15) is 106 Å². The van der Waals surface area contributed by atoms with E-state index in [2.05, 4.69) is 24.1 Å². The SMILES string of the molecule is CC(=O)CCC(=O)N1CCC(c2nc(C(=O)Nc3ccccc3C)cs2)CC1.CCCCCCC. The molecule has 2 aromatic rings. The number of nitrogens with one attached hydrogen (secondary N) is 1. The van der Waals surface area contributed by atoms with Crippen molar-refractivity contribution >= 4 is 34.6 Å². The number of amides is 2. The normalized spacial score (nSPS) is 13.7. The number of carbonyl (C=O) groups is 3. The smallest absolute Gasteiger partial charge is 0.275 e. The predicted molar refractivity (Wildman–Crippen MR) is 144 cm³/mol. The van der Waals surface area contributed by atoms with Gasteiger partial charge in [0.15, 0.2) is 0 Å². The number of piperidine rings is 1. The Labute approximate surface area is 214 Å². The number of Topliss-reactive ketones (excluding diaryl/α,β-unsaturated/α-hetero) is 1. The molecule has 0 unspecified atom stereocenters. The number of benzene rings is 1. The lowest BCUT2D eigenvalue weighted by Gasteiger charge is -2.31. The summed E-state index contributed by atoms with van der Waals surface area (Å²) >= 11 is 1.50. The molecule has 0 spiro atoms. The molecule has 1 aliphatic heterocycles. The van der Waals surface area contributed by atoms with Gasteiger partial charge in [-0.15, -0.1) is 11.3 Å². The van der Waals surface area contributed by atoms with Gasteiger partial charge in [-0.3, -0.25) is 9.59 Å². The van der Waals surface area contributed by atoms with Crippen LogP contribution in [0.15, 0.2) is 29.6 Å². The molecule has 2 heterocycles. The van der Waals surface area contributed by atoms with E-state index < -0.39 is 0 Å². The molecule has 3 rings (SSSR count). The first kappa shape index (κ1) is 28.7. The number of aromatic nitrogens is 1. The highest BCUT2D eigenvalue weighted by molar-refractivity contribution is 7.10. The first-order valence-corrected chi connectivity index (χ1v) is 13.8.